The van der Waals surface area contributed by atoms with Crippen LogP contribution < -0.4 is 11.1 Å². The molecule has 0 fully saturated rings. The Bertz CT molecular complexity index is 305. The highest BCUT2D eigenvalue weighted by atomic mass is 127. The van der Waals surface area contributed by atoms with Crippen LogP contribution in [0.25, 0.3) is 0 Å². The number of guanidine groups is 1. The van der Waals surface area contributed by atoms with Gasteiger partial charge in [-0.05, 0) is 6.42 Å². The highest BCUT2D eigenvalue weighted by Crippen LogP contribution is 1.98. The summed E-state index contributed by atoms with van der Waals surface area (Å²) in [6.07, 6.45) is 5.81. The lowest BCUT2D eigenvalue weighted by molar-refractivity contribution is 0.600. The molecular weight excluding hydrogens is 353 g/mol. The van der Waals surface area contributed by atoms with Crippen LogP contribution in [0.4, 0.5) is 0 Å². The Morgan fingerprint density at radius 1 is 1.29 bits per heavy atom. The average molecular weight is 377 g/mol. The van der Waals surface area contributed by atoms with Gasteiger partial charge < -0.3 is 11.1 Å². The van der Waals surface area contributed by atoms with E-state index in [-0.39, 0.29) is 29.7 Å². The van der Waals surface area contributed by atoms with Gasteiger partial charge in [-0.25, -0.2) is 8.42 Å². The molecule has 0 amide bonds. The quantitative estimate of drug-likeness (QED) is 0.288. The van der Waals surface area contributed by atoms with Crippen LogP contribution in [0.15, 0.2) is 4.99 Å². The van der Waals surface area contributed by atoms with E-state index >= 15 is 0 Å². The van der Waals surface area contributed by atoms with Gasteiger partial charge in [0.1, 0.15) is 9.84 Å². The van der Waals surface area contributed by atoms with Crippen molar-refractivity contribution >= 4 is 39.8 Å². The highest BCUT2D eigenvalue weighted by Gasteiger charge is 2.00. The molecule has 0 radical (unpaired) electrons. The predicted molar refractivity (Wildman–Crippen MR) is 83.8 cm³/mol. The molecule has 0 saturated carbocycles. The van der Waals surface area contributed by atoms with Crippen LogP contribution in [0, 0.1) is 0 Å². The van der Waals surface area contributed by atoms with E-state index in [0.717, 1.165) is 12.8 Å². The largest absolute Gasteiger partial charge is 0.370 e. The molecule has 17 heavy (non-hydrogen) atoms. The predicted octanol–water partition coefficient (Wildman–Crippen LogP) is 1.13. The molecule has 0 unspecified atom stereocenters. The molecule has 0 aromatic carbocycles. The monoisotopic (exact) mass is 377 g/mol. The van der Waals surface area contributed by atoms with Gasteiger partial charge in [-0.2, -0.15) is 0 Å². The van der Waals surface area contributed by atoms with E-state index in [0.29, 0.717) is 19.0 Å². The lowest BCUT2D eigenvalue weighted by Gasteiger charge is -2.04. The van der Waals surface area contributed by atoms with Crippen molar-refractivity contribution in [2.75, 3.05) is 25.1 Å². The molecule has 0 bridgehead atoms. The molecule has 0 aliphatic rings. The fourth-order valence-electron chi connectivity index (χ4n) is 1.16. The van der Waals surface area contributed by atoms with Gasteiger partial charge in [0.05, 0.1) is 5.75 Å². The minimum absolute atomic E-state index is 0. The molecule has 0 spiro atoms. The van der Waals surface area contributed by atoms with Crippen molar-refractivity contribution in [1.82, 2.24) is 5.32 Å². The van der Waals surface area contributed by atoms with Gasteiger partial charge in [-0.3, -0.25) is 4.99 Å². The average Bonchev–Trinajstić information content (AvgIpc) is 2.15. The first-order valence-electron chi connectivity index (χ1n) is 5.67. The summed E-state index contributed by atoms with van der Waals surface area (Å²) in [5.74, 6) is 0.416. The van der Waals surface area contributed by atoms with Gasteiger partial charge >= 0.3 is 0 Å². The summed E-state index contributed by atoms with van der Waals surface area (Å²) in [7, 11) is -2.93. The molecule has 0 aliphatic carbocycles. The minimum Gasteiger partial charge on any atom is -0.370 e. The number of nitrogens with one attached hydrogen (secondary N) is 1. The lowest BCUT2D eigenvalue weighted by atomic mass is 10.2. The molecule has 0 atom stereocenters. The number of unbranched alkanes of at least 4 members (excludes halogenated alkanes) is 3. The zero-order valence-corrected chi connectivity index (χ0v) is 13.8. The summed E-state index contributed by atoms with van der Waals surface area (Å²) in [5, 5.41) is 2.78. The van der Waals surface area contributed by atoms with Crippen molar-refractivity contribution in [3.63, 3.8) is 0 Å². The molecule has 7 heteroatoms. The second-order valence-electron chi connectivity index (χ2n) is 3.88. The van der Waals surface area contributed by atoms with Gasteiger partial charge in [0.2, 0.25) is 0 Å². The highest BCUT2D eigenvalue weighted by molar-refractivity contribution is 14.0. The maximum Gasteiger partial charge on any atom is 0.188 e. The maximum absolute atomic E-state index is 10.8. The number of nitrogens with zero attached hydrogens (tertiary/aromatic N) is 1. The number of hydrogen-bond donors (Lipinski definition) is 2. The first-order chi connectivity index (χ1) is 7.45. The number of nitrogens with two attached hydrogens (primary N) is 1. The first-order valence-corrected chi connectivity index (χ1v) is 7.73. The molecule has 3 N–H and O–H groups in total. The number of hydrogen-bond acceptors (Lipinski definition) is 3. The van der Waals surface area contributed by atoms with E-state index in [2.05, 4.69) is 17.2 Å². The van der Waals surface area contributed by atoms with E-state index in [1.807, 2.05) is 0 Å². The summed E-state index contributed by atoms with van der Waals surface area (Å²) >= 11 is 0. The van der Waals surface area contributed by atoms with E-state index < -0.39 is 9.84 Å². The van der Waals surface area contributed by atoms with Crippen molar-refractivity contribution in [1.29, 1.82) is 0 Å². The van der Waals surface area contributed by atoms with Gasteiger partial charge in [0.25, 0.3) is 0 Å². The Morgan fingerprint density at radius 3 is 2.47 bits per heavy atom. The summed E-state index contributed by atoms with van der Waals surface area (Å²) in [5.41, 5.74) is 5.56. The molecule has 0 aromatic rings. The van der Waals surface area contributed by atoms with Gasteiger partial charge in [0.15, 0.2) is 5.96 Å². The Balaban J connectivity index is 0. The second kappa shape index (κ2) is 11.1. The van der Waals surface area contributed by atoms with Gasteiger partial charge in [-0.15, -0.1) is 24.0 Å². The van der Waals surface area contributed by atoms with Crippen LogP contribution in [-0.4, -0.2) is 39.5 Å². The standard InChI is InChI=1S/C10H23N3O2S.HI/c1-3-4-5-6-7-12-10(11)13-8-9-16(2,14)15;/h3-9H2,1-2H3,(H3,11,12,13);1H. The molecule has 5 nitrogen and oxygen atoms in total. The topological polar surface area (TPSA) is 84.5 Å². The third-order valence-corrected chi connectivity index (χ3v) is 3.02. The van der Waals surface area contributed by atoms with E-state index in [4.69, 9.17) is 5.73 Å². The molecule has 0 heterocycles. The summed E-state index contributed by atoms with van der Waals surface area (Å²) < 4.78 is 21.6. The molecule has 104 valence electrons. The Hall–Kier alpha value is -0.0500. The van der Waals surface area contributed by atoms with Crippen molar-refractivity contribution in [3.8, 4) is 0 Å². The third-order valence-electron chi connectivity index (χ3n) is 2.07. The van der Waals surface area contributed by atoms with Crippen molar-refractivity contribution in [3.05, 3.63) is 0 Å². The van der Waals surface area contributed by atoms with E-state index in [1.54, 1.807) is 0 Å². The summed E-state index contributed by atoms with van der Waals surface area (Å²) in [6, 6.07) is 0. The fraction of sp³-hybridized carbons (Fsp3) is 0.900. The van der Waals surface area contributed by atoms with Crippen LogP contribution in [0.1, 0.15) is 32.6 Å². The van der Waals surface area contributed by atoms with Crippen LogP contribution in [0.2, 0.25) is 0 Å². The summed E-state index contributed by atoms with van der Waals surface area (Å²) in [4.78, 5) is 4.10. The van der Waals surface area contributed by atoms with Gasteiger partial charge in [0, 0.05) is 19.3 Å². The van der Waals surface area contributed by atoms with Crippen molar-refractivity contribution < 1.29 is 8.42 Å². The number of sulfone groups is 1. The van der Waals surface area contributed by atoms with Crippen molar-refractivity contribution in [2.45, 2.75) is 32.6 Å². The normalized spacial score (nSPS) is 12.0. The van der Waals surface area contributed by atoms with Crippen LogP contribution >= 0.6 is 24.0 Å². The number of halogens is 1. The van der Waals surface area contributed by atoms with E-state index in [1.165, 1.54) is 19.1 Å². The molecule has 0 aromatic heterocycles. The van der Waals surface area contributed by atoms with Gasteiger partial charge in [-0.1, -0.05) is 26.2 Å². The zero-order chi connectivity index (χ0) is 12.4. The Kier molecular flexibility index (Phi) is 12.6. The second-order valence-corrected chi connectivity index (χ2v) is 6.14. The minimum atomic E-state index is -2.93. The Labute approximate surface area is 122 Å². The molecular formula is C10H24IN3O2S. The smallest absolute Gasteiger partial charge is 0.188 e. The lowest BCUT2D eigenvalue weighted by Crippen LogP contribution is -2.35. The maximum atomic E-state index is 10.8. The van der Waals surface area contributed by atoms with Crippen molar-refractivity contribution in [2.24, 2.45) is 10.7 Å². The molecule has 0 saturated heterocycles. The first kappa shape index (κ1) is 19.3. The number of rotatable bonds is 8. The zero-order valence-electron chi connectivity index (χ0n) is 10.6. The SMILES string of the molecule is CCCCCCN=C(N)NCCS(C)(=O)=O.I. The van der Waals surface area contributed by atoms with Crippen LogP contribution in [0.3, 0.4) is 0 Å². The molecule has 0 aliphatic heterocycles. The Morgan fingerprint density at radius 2 is 1.94 bits per heavy atom. The van der Waals surface area contributed by atoms with Crippen LogP contribution in [0.5, 0.6) is 0 Å². The fourth-order valence-corrected chi connectivity index (χ4v) is 1.63. The molecule has 0 rings (SSSR count). The van der Waals surface area contributed by atoms with E-state index in [9.17, 15) is 8.42 Å². The summed E-state index contributed by atoms with van der Waals surface area (Å²) in [6.45, 7) is 3.19. The number of aliphatic imine (C=N–C) groups is 1. The third kappa shape index (κ3) is 15.9. The van der Waals surface area contributed by atoms with Crippen LogP contribution in [-0.2, 0) is 9.84 Å².